The van der Waals surface area contributed by atoms with Gasteiger partial charge in [0.2, 0.25) is 15.9 Å². The van der Waals surface area contributed by atoms with Gasteiger partial charge in [0.15, 0.2) is 0 Å². The first-order valence-electron chi connectivity index (χ1n) is 9.41. The molecule has 152 valence electrons. The molecular formula is C22H30N2O3S. The normalized spacial score (nSPS) is 12.8. The predicted molar refractivity (Wildman–Crippen MR) is 113 cm³/mol. The molecule has 0 bridgehead atoms. The quantitative estimate of drug-likeness (QED) is 0.768. The minimum Gasteiger partial charge on any atom is -0.350 e. The number of benzene rings is 2. The lowest BCUT2D eigenvalue weighted by Gasteiger charge is -2.18. The molecule has 0 saturated heterocycles. The number of hydrogen-bond acceptors (Lipinski definition) is 3. The molecule has 1 amide bonds. The van der Waals surface area contributed by atoms with Crippen molar-refractivity contribution in [1.29, 1.82) is 0 Å². The maximum absolute atomic E-state index is 12.4. The second kappa shape index (κ2) is 8.88. The summed E-state index contributed by atoms with van der Waals surface area (Å²) >= 11 is 0. The van der Waals surface area contributed by atoms with Gasteiger partial charge in [-0.3, -0.25) is 4.79 Å². The van der Waals surface area contributed by atoms with Crippen LogP contribution in [0.25, 0.3) is 0 Å². The van der Waals surface area contributed by atoms with Crippen LogP contribution in [0.5, 0.6) is 0 Å². The van der Waals surface area contributed by atoms with Crippen LogP contribution in [-0.2, 0) is 21.2 Å². The van der Waals surface area contributed by atoms with Crippen molar-refractivity contribution in [3.8, 4) is 0 Å². The highest BCUT2D eigenvalue weighted by Crippen LogP contribution is 2.22. The monoisotopic (exact) mass is 402 g/mol. The summed E-state index contributed by atoms with van der Waals surface area (Å²) in [6, 6.07) is 10.9. The first kappa shape index (κ1) is 22.1. The summed E-state index contributed by atoms with van der Waals surface area (Å²) in [5, 5.41) is 3.06. The Morgan fingerprint density at radius 2 is 1.57 bits per heavy atom. The van der Waals surface area contributed by atoms with Crippen LogP contribution in [0.1, 0.15) is 47.2 Å². The lowest BCUT2D eigenvalue weighted by molar-refractivity contribution is -0.121. The first-order chi connectivity index (χ1) is 13.0. The summed E-state index contributed by atoms with van der Waals surface area (Å²) in [6.45, 7) is 8.22. The number of hydrogen-bond donors (Lipinski definition) is 1. The Morgan fingerprint density at radius 1 is 1.00 bits per heavy atom. The van der Waals surface area contributed by atoms with Crippen molar-refractivity contribution >= 4 is 15.9 Å². The van der Waals surface area contributed by atoms with E-state index in [-0.39, 0.29) is 16.8 Å². The van der Waals surface area contributed by atoms with Gasteiger partial charge in [0.1, 0.15) is 0 Å². The molecule has 0 unspecified atom stereocenters. The molecule has 0 fully saturated rings. The first-order valence-corrected chi connectivity index (χ1v) is 10.8. The van der Waals surface area contributed by atoms with Crippen LogP contribution in [0.2, 0.25) is 0 Å². The van der Waals surface area contributed by atoms with Crippen LogP contribution in [0.4, 0.5) is 0 Å². The Kier molecular flexibility index (Phi) is 7.01. The van der Waals surface area contributed by atoms with E-state index < -0.39 is 10.0 Å². The van der Waals surface area contributed by atoms with Gasteiger partial charge in [0.05, 0.1) is 10.9 Å². The number of rotatable bonds is 7. The highest BCUT2D eigenvalue weighted by atomic mass is 32.2. The van der Waals surface area contributed by atoms with E-state index in [2.05, 4.69) is 38.2 Å². The van der Waals surface area contributed by atoms with Gasteiger partial charge < -0.3 is 5.32 Å². The molecule has 5 nitrogen and oxygen atoms in total. The maximum Gasteiger partial charge on any atom is 0.242 e. The fourth-order valence-electron chi connectivity index (χ4n) is 3.14. The number of carbonyl (C=O) groups is 1. The second-order valence-electron chi connectivity index (χ2n) is 7.51. The summed E-state index contributed by atoms with van der Waals surface area (Å²) in [5.41, 5.74) is 5.71. The zero-order valence-electron chi connectivity index (χ0n) is 17.5. The third-order valence-corrected chi connectivity index (χ3v) is 6.90. The van der Waals surface area contributed by atoms with E-state index in [0.29, 0.717) is 12.8 Å². The van der Waals surface area contributed by atoms with Gasteiger partial charge in [-0.2, -0.15) is 0 Å². The van der Waals surface area contributed by atoms with Crippen LogP contribution >= 0.6 is 0 Å². The standard InChI is InChI=1S/C22H30N2O3S/c1-15-13-17(3)21(14-16(15)2)18(4)23-22(25)12-9-19-7-10-20(11-8-19)28(26,27)24(5)6/h7-8,10-11,13-14,18H,9,12H2,1-6H3,(H,23,25)/t18-/m0/s1. The van der Waals surface area contributed by atoms with Gasteiger partial charge in [-0.05, 0) is 74.1 Å². The van der Waals surface area contributed by atoms with Crippen molar-refractivity contribution in [3.05, 3.63) is 64.2 Å². The van der Waals surface area contributed by atoms with E-state index in [9.17, 15) is 13.2 Å². The van der Waals surface area contributed by atoms with Crippen molar-refractivity contribution in [1.82, 2.24) is 9.62 Å². The molecule has 0 heterocycles. The summed E-state index contributed by atoms with van der Waals surface area (Å²) in [4.78, 5) is 12.6. The average Bonchev–Trinajstić information content (AvgIpc) is 2.63. The minimum atomic E-state index is -3.43. The van der Waals surface area contributed by atoms with E-state index in [1.807, 2.05) is 6.92 Å². The molecule has 0 spiro atoms. The number of nitrogens with one attached hydrogen (secondary N) is 1. The van der Waals surface area contributed by atoms with Crippen LogP contribution < -0.4 is 5.32 Å². The number of nitrogens with zero attached hydrogens (tertiary/aromatic N) is 1. The van der Waals surface area contributed by atoms with E-state index >= 15 is 0 Å². The molecule has 6 heteroatoms. The number of amides is 1. The third-order valence-electron chi connectivity index (χ3n) is 5.07. The smallest absolute Gasteiger partial charge is 0.242 e. The van der Waals surface area contributed by atoms with Gasteiger partial charge >= 0.3 is 0 Å². The Bertz CT molecular complexity index is 948. The van der Waals surface area contributed by atoms with Crippen LogP contribution in [0.15, 0.2) is 41.3 Å². The fraction of sp³-hybridized carbons (Fsp3) is 0.409. The molecule has 0 aromatic heterocycles. The highest BCUT2D eigenvalue weighted by molar-refractivity contribution is 7.89. The molecule has 2 aromatic rings. The molecule has 28 heavy (non-hydrogen) atoms. The van der Waals surface area contributed by atoms with Crippen LogP contribution in [0.3, 0.4) is 0 Å². The van der Waals surface area contributed by atoms with Crippen molar-refractivity contribution in [3.63, 3.8) is 0 Å². The molecule has 1 N–H and O–H groups in total. The molecule has 2 rings (SSSR count). The zero-order valence-corrected chi connectivity index (χ0v) is 18.4. The molecular weight excluding hydrogens is 372 g/mol. The largest absolute Gasteiger partial charge is 0.350 e. The number of carbonyl (C=O) groups excluding carboxylic acids is 1. The summed E-state index contributed by atoms with van der Waals surface area (Å²) < 4.78 is 25.4. The molecule has 0 aliphatic rings. The SMILES string of the molecule is Cc1cc(C)c([C@H](C)NC(=O)CCc2ccc(S(=O)(=O)N(C)C)cc2)cc1C. The van der Waals surface area contributed by atoms with E-state index in [4.69, 9.17) is 0 Å². The lowest BCUT2D eigenvalue weighted by Crippen LogP contribution is -2.27. The van der Waals surface area contributed by atoms with Gasteiger partial charge in [-0.25, -0.2) is 12.7 Å². The summed E-state index contributed by atoms with van der Waals surface area (Å²) in [5.74, 6) is -0.0184. The van der Waals surface area contributed by atoms with Crippen molar-refractivity contribution in [2.24, 2.45) is 0 Å². The fourth-order valence-corrected chi connectivity index (χ4v) is 4.04. The second-order valence-corrected chi connectivity index (χ2v) is 9.67. The van der Waals surface area contributed by atoms with E-state index in [1.54, 1.807) is 24.3 Å². The van der Waals surface area contributed by atoms with Crippen molar-refractivity contribution in [2.45, 2.75) is 51.5 Å². The Labute approximate surface area is 168 Å². The Hall–Kier alpha value is -2.18. The molecule has 1 atom stereocenters. The summed E-state index contributed by atoms with van der Waals surface area (Å²) in [6.07, 6.45) is 0.917. The Morgan fingerprint density at radius 3 is 2.14 bits per heavy atom. The van der Waals surface area contributed by atoms with Crippen molar-refractivity contribution in [2.75, 3.05) is 14.1 Å². The topological polar surface area (TPSA) is 66.5 Å². The van der Waals surface area contributed by atoms with E-state index in [0.717, 1.165) is 11.1 Å². The van der Waals surface area contributed by atoms with Gasteiger partial charge in [-0.15, -0.1) is 0 Å². The zero-order chi connectivity index (χ0) is 21.1. The molecule has 0 aliphatic carbocycles. The molecule has 0 radical (unpaired) electrons. The summed E-state index contributed by atoms with van der Waals surface area (Å²) in [7, 11) is -0.416. The van der Waals surface area contributed by atoms with Crippen molar-refractivity contribution < 1.29 is 13.2 Å². The lowest BCUT2D eigenvalue weighted by atomic mass is 9.96. The third kappa shape index (κ3) is 5.20. The molecule has 2 aromatic carbocycles. The Balaban J connectivity index is 1.96. The molecule has 0 aliphatic heterocycles. The van der Waals surface area contributed by atoms with Gasteiger partial charge in [0.25, 0.3) is 0 Å². The molecule has 0 saturated carbocycles. The number of sulfonamides is 1. The maximum atomic E-state index is 12.4. The predicted octanol–water partition coefficient (Wildman–Crippen LogP) is 3.67. The minimum absolute atomic E-state index is 0.0184. The van der Waals surface area contributed by atoms with Gasteiger partial charge in [-0.1, -0.05) is 24.3 Å². The average molecular weight is 403 g/mol. The highest BCUT2D eigenvalue weighted by Gasteiger charge is 2.17. The van der Waals surface area contributed by atoms with Crippen LogP contribution in [0, 0.1) is 20.8 Å². The number of aryl methyl sites for hydroxylation is 4. The van der Waals surface area contributed by atoms with Gasteiger partial charge in [0, 0.05) is 20.5 Å². The van der Waals surface area contributed by atoms with E-state index in [1.165, 1.54) is 35.1 Å². The van der Waals surface area contributed by atoms with Crippen LogP contribution in [-0.4, -0.2) is 32.7 Å².